The van der Waals surface area contributed by atoms with Crippen molar-refractivity contribution in [3.05, 3.63) is 34.6 Å². The Labute approximate surface area is 109 Å². The molecule has 0 spiro atoms. The van der Waals surface area contributed by atoms with Gasteiger partial charge in [0.1, 0.15) is 10.3 Å². The van der Waals surface area contributed by atoms with Gasteiger partial charge in [-0.3, -0.25) is 10.2 Å². The highest BCUT2D eigenvalue weighted by molar-refractivity contribution is 9.10. The number of benzene rings is 1. The average molecular weight is 307 g/mol. The Balaban J connectivity index is 2.24. The number of nitrogens with one attached hydrogen (secondary N) is 2. The van der Waals surface area contributed by atoms with E-state index in [1.165, 1.54) is 6.07 Å². The minimum Gasteiger partial charge on any atom is -0.477 e. The minimum absolute atomic E-state index is 0.0571. The smallest absolute Gasteiger partial charge is 0.353 e. The lowest BCUT2D eigenvalue weighted by Crippen LogP contribution is -1.95. The van der Waals surface area contributed by atoms with Gasteiger partial charge in [-0.15, -0.1) is 0 Å². The summed E-state index contributed by atoms with van der Waals surface area (Å²) in [5.41, 5.74) is 2.23. The molecular weight excluding hydrogens is 300 g/mol. The van der Waals surface area contributed by atoms with E-state index in [4.69, 9.17) is 5.11 Å². The molecule has 1 aromatic carbocycles. The second kappa shape index (κ2) is 3.95. The third kappa shape index (κ3) is 1.60. The van der Waals surface area contributed by atoms with Crippen molar-refractivity contribution >= 4 is 32.8 Å². The van der Waals surface area contributed by atoms with Crippen molar-refractivity contribution in [2.45, 2.75) is 0 Å². The molecule has 3 aromatic rings. The van der Waals surface area contributed by atoms with Crippen LogP contribution in [0, 0.1) is 0 Å². The third-order valence-electron chi connectivity index (χ3n) is 2.62. The fourth-order valence-electron chi connectivity index (χ4n) is 1.81. The van der Waals surface area contributed by atoms with Crippen molar-refractivity contribution < 1.29 is 9.90 Å². The summed E-state index contributed by atoms with van der Waals surface area (Å²) in [6.45, 7) is 0. The first-order valence-corrected chi connectivity index (χ1v) is 5.88. The zero-order chi connectivity index (χ0) is 12.7. The maximum Gasteiger partial charge on any atom is 0.353 e. The Hall–Kier alpha value is -2.15. The number of carbonyl (C=O) groups is 1. The van der Waals surface area contributed by atoms with Gasteiger partial charge in [-0.1, -0.05) is 12.1 Å². The van der Waals surface area contributed by atoms with E-state index < -0.39 is 5.97 Å². The van der Waals surface area contributed by atoms with Crippen LogP contribution in [0.5, 0.6) is 0 Å². The van der Waals surface area contributed by atoms with Crippen LogP contribution in [-0.2, 0) is 0 Å². The fraction of sp³-hybridized carbons (Fsp3) is 0. The van der Waals surface area contributed by atoms with E-state index in [1.54, 1.807) is 0 Å². The number of rotatable bonds is 2. The van der Waals surface area contributed by atoms with Crippen LogP contribution in [-0.4, -0.2) is 31.5 Å². The standard InChI is InChI=1S/C11H7BrN4O2/c12-10-9-5(2-1-3-6(9)13-16-10)7-4-8(11(17)18)15-14-7/h1-4H,(H,13,16)(H,14,15)(H,17,18). The molecular formula is C11H7BrN4O2. The molecule has 90 valence electrons. The average Bonchev–Trinajstić information content (AvgIpc) is 2.96. The molecule has 0 atom stereocenters. The second-order valence-electron chi connectivity index (χ2n) is 3.71. The van der Waals surface area contributed by atoms with Gasteiger partial charge in [0.25, 0.3) is 0 Å². The van der Waals surface area contributed by atoms with Gasteiger partial charge in [-0.2, -0.15) is 10.2 Å². The molecule has 0 saturated heterocycles. The van der Waals surface area contributed by atoms with Crippen LogP contribution in [0.15, 0.2) is 28.9 Å². The van der Waals surface area contributed by atoms with Crippen LogP contribution in [0.2, 0.25) is 0 Å². The summed E-state index contributed by atoms with van der Waals surface area (Å²) >= 11 is 3.38. The Kier molecular flexibility index (Phi) is 2.41. The summed E-state index contributed by atoms with van der Waals surface area (Å²) in [4.78, 5) is 10.8. The SMILES string of the molecule is O=C(O)c1cc(-c2cccc3n[nH]c(Br)c23)n[nH]1. The Morgan fingerprint density at radius 3 is 2.83 bits per heavy atom. The maximum atomic E-state index is 10.8. The highest BCUT2D eigenvalue weighted by atomic mass is 79.9. The molecule has 0 aliphatic heterocycles. The molecule has 0 saturated carbocycles. The number of nitrogens with zero attached hydrogens (tertiary/aromatic N) is 2. The van der Waals surface area contributed by atoms with Crippen molar-refractivity contribution in [1.29, 1.82) is 0 Å². The number of aromatic nitrogens is 4. The molecule has 18 heavy (non-hydrogen) atoms. The van der Waals surface area contributed by atoms with Gasteiger partial charge in [0.05, 0.1) is 11.2 Å². The summed E-state index contributed by atoms with van der Waals surface area (Å²) in [5, 5.41) is 23.2. The fourth-order valence-corrected chi connectivity index (χ4v) is 2.32. The predicted octanol–water partition coefficient (Wildman–Crippen LogP) is 2.41. The molecule has 6 nitrogen and oxygen atoms in total. The largest absolute Gasteiger partial charge is 0.477 e. The van der Waals surface area contributed by atoms with Gasteiger partial charge >= 0.3 is 5.97 Å². The quantitative estimate of drug-likeness (QED) is 0.677. The first kappa shape index (κ1) is 11.0. The number of H-pyrrole nitrogens is 2. The molecule has 3 N–H and O–H groups in total. The first-order chi connectivity index (χ1) is 8.66. The predicted molar refractivity (Wildman–Crippen MR) is 68.3 cm³/mol. The summed E-state index contributed by atoms with van der Waals surface area (Å²) in [6.07, 6.45) is 0. The molecule has 7 heteroatoms. The van der Waals surface area contributed by atoms with Crippen LogP contribution in [0.25, 0.3) is 22.2 Å². The van der Waals surface area contributed by atoms with Crippen molar-refractivity contribution in [3.8, 4) is 11.3 Å². The number of halogens is 1. The molecule has 0 aliphatic carbocycles. The van der Waals surface area contributed by atoms with Crippen LogP contribution in [0.3, 0.4) is 0 Å². The lowest BCUT2D eigenvalue weighted by molar-refractivity contribution is 0.0690. The topological polar surface area (TPSA) is 94.7 Å². The van der Waals surface area contributed by atoms with E-state index in [0.717, 1.165) is 21.1 Å². The van der Waals surface area contributed by atoms with Gasteiger partial charge in [0.2, 0.25) is 0 Å². The normalized spacial score (nSPS) is 10.9. The third-order valence-corrected chi connectivity index (χ3v) is 3.19. The lowest BCUT2D eigenvalue weighted by Gasteiger charge is -1.98. The molecule has 0 radical (unpaired) electrons. The number of carboxylic acids is 1. The minimum atomic E-state index is -1.04. The van der Waals surface area contributed by atoms with Crippen LogP contribution in [0.4, 0.5) is 0 Å². The van der Waals surface area contributed by atoms with E-state index in [-0.39, 0.29) is 5.69 Å². The Bertz CT molecular complexity index is 746. The number of carboxylic acid groups (broad SMARTS) is 1. The molecule has 0 aliphatic rings. The first-order valence-electron chi connectivity index (χ1n) is 5.08. The number of aromatic carboxylic acids is 1. The Morgan fingerprint density at radius 1 is 1.28 bits per heavy atom. The number of aromatic amines is 2. The zero-order valence-corrected chi connectivity index (χ0v) is 10.5. The highest BCUT2D eigenvalue weighted by Crippen LogP contribution is 2.31. The molecule has 0 unspecified atom stereocenters. The van der Waals surface area contributed by atoms with Crippen LogP contribution < -0.4 is 0 Å². The molecule has 3 rings (SSSR count). The van der Waals surface area contributed by atoms with E-state index in [2.05, 4.69) is 36.3 Å². The number of fused-ring (bicyclic) bond motifs is 1. The van der Waals surface area contributed by atoms with Gasteiger partial charge in [-0.05, 0) is 28.1 Å². The van der Waals surface area contributed by atoms with E-state index in [9.17, 15) is 4.79 Å². The van der Waals surface area contributed by atoms with Crippen LogP contribution >= 0.6 is 15.9 Å². The van der Waals surface area contributed by atoms with Crippen molar-refractivity contribution in [2.24, 2.45) is 0 Å². The highest BCUT2D eigenvalue weighted by Gasteiger charge is 2.14. The summed E-state index contributed by atoms with van der Waals surface area (Å²) in [7, 11) is 0. The second-order valence-corrected chi connectivity index (χ2v) is 4.50. The van der Waals surface area contributed by atoms with Gasteiger partial charge in [0.15, 0.2) is 0 Å². The summed E-state index contributed by atoms with van der Waals surface area (Å²) in [5.74, 6) is -1.04. The lowest BCUT2D eigenvalue weighted by atomic mass is 10.1. The van der Waals surface area contributed by atoms with Gasteiger partial charge < -0.3 is 5.11 Å². The van der Waals surface area contributed by atoms with Gasteiger partial charge in [0, 0.05) is 10.9 Å². The molecule has 2 heterocycles. The van der Waals surface area contributed by atoms with Gasteiger partial charge in [-0.25, -0.2) is 4.79 Å². The molecule has 0 bridgehead atoms. The van der Waals surface area contributed by atoms with E-state index in [1.807, 2.05) is 18.2 Å². The number of hydrogen-bond donors (Lipinski definition) is 3. The Morgan fingerprint density at radius 2 is 2.11 bits per heavy atom. The number of hydrogen-bond acceptors (Lipinski definition) is 3. The van der Waals surface area contributed by atoms with Crippen LogP contribution in [0.1, 0.15) is 10.5 Å². The zero-order valence-electron chi connectivity index (χ0n) is 8.94. The van der Waals surface area contributed by atoms with Crippen molar-refractivity contribution in [1.82, 2.24) is 20.4 Å². The summed E-state index contributed by atoms with van der Waals surface area (Å²) < 4.78 is 0.743. The molecule has 2 aromatic heterocycles. The van der Waals surface area contributed by atoms with Crippen molar-refractivity contribution in [2.75, 3.05) is 0 Å². The van der Waals surface area contributed by atoms with E-state index >= 15 is 0 Å². The monoisotopic (exact) mass is 306 g/mol. The summed E-state index contributed by atoms with van der Waals surface area (Å²) in [6, 6.07) is 7.08. The van der Waals surface area contributed by atoms with E-state index in [0.29, 0.717) is 5.69 Å². The van der Waals surface area contributed by atoms with Crippen molar-refractivity contribution in [3.63, 3.8) is 0 Å². The molecule has 0 amide bonds. The molecule has 0 fully saturated rings. The maximum absolute atomic E-state index is 10.8.